The molecule has 2 aliphatic rings. The molecule has 0 bridgehead atoms. The van der Waals surface area contributed by atoms with Crippen LogP contribution in [0.1, 0.15) is 37.9 Å². The summed E-state index contributed by atoms with van der Waals surface area (Å²) in [7, 11) is 0. The average molecular weight is 295 g/mol. The van der Waals surface area contributed by atoms with Crippen molar-refractivity contribution >= 4 is 5.91 Å². The number of hydrazine groups is 1. The minimum absolute atomic E-state index is 0.0674. The van der Waals surface area contributed by atoms with Crippen LogP contribution < -0.4 is 17.0 Å². The third-order valence-electron chi connectivity index (χ3n) is 4.20. The van der Waals surface area contributed by atoms with Gasteiger partial charge in [-0.15, -0.1) is 0 Å². The Morgan fingerprint density at radius 1 is 1.38 bits per heavy atom. The number of nitrogens with two attached hydrogens (primary N) is 1. The van der Waals surface area contributed by atoms with Gasteiger partial charge in [0.1, 0.15) is 11.9 Å². The molecule has 1 saturated heterocycles. The number of rotatable bonds is 3. The number of hydrogen-bond donors (Lipinski definition) is 2. The second-order valence-corrected chi connectivity index (χ2v) is 5.68. The molecule has 21 heavy (non-hydrogen) atoms. The summed E-state index contributed by atoms with van der Waals surface area (Å²) in [6.07, 6.45) is 4.77. The van der Waals surface area contributed by atoms with Gasteiger partial charge in [0.15, 0.2) is 0 Å². The number of ether oxygens (including phenoxy) is 1. The number of hydrogen-bond acceptors (Lipinski definition) is 5. The Hall–Kier alpha value is -1.67. The molecule has 0 aliphatic carbocycles. The lowest BCUT2D eigenvalue weighted by Gasteiger charge is -2.11. The van der Waals surface area contributed by atoms with Crippen molar-refractivity contribution in [1.82, 2.24) is 19.8 Å². The van der Waals surface area contributed by atoms with E-state index < -0.39 is 6.10 Å². The van der Waals surface area contributed by atoms with Crippen molar-refractivity contribution < 1.29 is 9.53 Å². The summed E-state index contributed by atoms with van der Waals surface area (Å²) in [5.74, 6) is 5.66. The Bertz CT molecular complexity index is 579. The Balaban J connectivity index is 1.69. The molecule has 116 valence electrons. The summed E-state index contributed by atoms with van der Waals surface area (Å²) in [4.78, 5) is 23.8. The Labute approximate surface area is 122 Å². The van der Waals surface area contributed by atoms with Crippen molar-refractivity contribution in [3.63, 3.8) is 0 Å². The molecule has 3 N–H and O–H groups in total. The fourth-order valence-corrected chi connectivity index (χ4v) is 3.06. The summed E-state index contributed by atoms with van der Waals surface area (Å²) >= 11 is 0. The van der Waals surface area contributed by atoms with E-state index in [2.05, 4.69) is 10.5 Å². The summed E-state index contributed by atoms with van der Waals surface area (Å²) < 4.78 is 8.88. The smallest absolute Gasteiger partial charge is 0.346 e. The highest BCUT2D eigenvalue weighted by atomic mass is 16.5. The molecule has 0 spiro atoms. The topological polar surface area (TPSA) is 104 Å². The van der Waals surface area contributed by atoms with E-state index in [1.165, 1.54) is 4.68 Å². The van der Waals surface area contributed by atoms with Crippen LogP contribution in [-0.4, -0.2) is 32.5 Å². The predicted octanol–water partition coefficient (Wildman–Crippen LogP) is -0.691. The highest BCUT2D eigenvalue weighted by Gasteiger charge is 2.31. The van der Waals surface area contributed by atoms with Crippen molar-refractivity contribution in [3.05, 3.63) is 16.3 Å². The number of aryl methyl sites for hydroxylation is 1. The minimum Gasteiger partial charge on any atom is -0.363 e. The zero-order valence-electron chi connectivity index (χ0n) is 12.0. The number of aromatic nitrogens is 3. The fourth-order valence-electron chi connectivity index (χ4n) is 3.06. The molecule has 8 heteroatoms. The standard InChI is InChI=1S/C13H21N5O3/c14-15-12(19)10-6-5-9(21-10)8-18-13(20)17-7-3-1-2-4-11(17)16-18/h9-10H,1-8,14H2,(H,15,19). The maximum Gasteiger partial charge on any atom is 0.346 e. The summed E-state index contributed by atoms with van der Waals surface area (Å²) in [6, 6.07) is 0. The van der Waals surface area contributed by atoms with E-state index in [0.717, 1.165) is 44.5 Å². The van der Waals surface area contributed by atoms with Gasteiger partial charge in [0, 0.05) is 13.0 Å². The third-order valence-corrected chi connectivity index (χ3v) is 4.20. The summed E-state index contributed by atoms with van der Waals surface area (Å²) in [5.41, 5.74) is 2.03. The van der Waals surface area contributed by atoms with Gasteiger partial charge in [0.2, 0.25) is 0 Å². The van der Waals surface area contributed by atoms with Crippen molar-refractivity contribution in [3.8, 4) is 0 Å². The highest BCUT2D eigenvalue weighted by molar-refractivity contribution is 5.80. The molecule has 1 fully saturated rings. The second kappa shape index (κ2) is 5.98. The molecule has 0 saturated carbocycles. The van der Waals surface area contributed by atoms with Crippen molar-refractivity contribution in [2.75, 3.05) is 0 Å². The van der Waals surface area contributed by atoms with Gasteiger partial charge in [0.05, 0.1) is 12.6 Å². The van der Waals surface area contributed by atoms with E-state index in [9.17, 15) is 9.59 Å². The van der Waals surface area contributed by atoms with Crippen LogP contribution in [0.25, 0.3) is 0 Å². The maximum absolute atomic E-state index is 12.3. The summed E-state index contributed by atoms with van der Waals surface area (Å²) in [6.45, 7) is 1.14. The van der Waals surface area contributed by atoms with Gasteiger partial charge in [-0.2, -0.15) is 5.10 Å². The van der Waals surface area contributed by atoms with E-state index >= 15 is 0 Å². The highest BCUT2D eigenvalue weighted by Crippen LogP contribution is 2.21. The average Bonchev–Trinajstić information content (AvgIpc) is 2.97. The third kappa shape index (κ3) is 2.86. The van der Waals surface area contributed by atoms with Crippen LogP contribution in [0.2, 0.25) is 0 Å². The van der Waals surface area contributed by atoms with Gasteiger partial charge in [-0.1, -0.05) is 6.42 Å². The quantitative estimate of drug-likeness (QED) is 0.436. The lowest BCUT2D eigenvalue weighted by molar-refractivity contribution is -0.132. The van der Waals surface area contributed by atoms with Gasteiger partial charge in [-0.05, 0) is 25.7 Å². The first kappa shape index (κ1) is 14.3. The Kier molecular flexibility index (Phi) is 4.07. The molecular weight excluding hydrogens is 274 g/mol. The van der Waals surface area contributed by atoms with Crippen LogP contribution in [0.15, 0.2) is 4.79 Å². The number of fused-ring (bicyclic) bond motifs is 1. The molecule has 1 aromatic heterocycles. The lowest BCUT2D eigenvalue weighted by atomic mass is 10.2. The maximum atomic E-state index is 12.3. The zero-order chi connectivity index (χ0) is 14.8. The van der Waals surface area contributed by atoms with E-state index in [4.69, 9.17) is 10.6 Å². The summed E-state index contributed by atoms with van der Waals surface area (Å²) in [5, 5.41) is 4.43. The van der Waals surface area contributed by atoms with Gasteiger partial charge in [0.25, 0.3) is 5.91 Å². The number of nitrogens with zero attached hydrogens (tertiary/aromatic N) is 3. The molecule has 1 aromatic rings. The van der Waals surface area contributed by atoms with E-state index in [0.29, 0.717) is 13.0 Å². The van der Waals surface area contributed by atoms with Crippen LogP contribution in [0, 0.1) is 0 Å². The predicted molar refractivity (Wildman–Crippen MR) is 74.3 cm³/mol. The number of carbonyl (C=O) groups is 1. The van der Waals surface area contributed by atoms with Gasteiger partial charge < -0.3 is 4.74 Å². The van der Waals surface area contributed by atoms with Crippen LogP contribution in [-0.2, 0) is 29.0 Å². The molecule has 1 amide bonds. The molecule has 2 aliphatic heterocycles. The SMILES string of the molecule is NNC(=O)C1CCC(Cn2nc3n(c2=O)CCCCC3)O1. The van der Waals surface area contributed by atoms with Crippen LogP contribution >= 0.6 is 0 Å². The molecule has 3 heterocycles. The largest absolute Gasteiger partial charge is 0.363 e. The van der Waals surface area contributed by atoms with Crippen LogP contribution in [0.5, 0.6) is 0 Å². The van der Waals surface area contributed by atoms with Crippen LogP contribution in [0.3, 0.4) is 0 Å². The van der Waals surface area contributed by atoms with Crippen molar-refractivity contribution in [1.29, 1.82) is 0 Å². The van der Waals surface area contributed by atoms with Crippen LogP contribution in [0.4, 0.5) is 0 Å². The Morgan fingerprint density at radius 2 is 2.24 bits per heavy atom. The molecule has 0 radical (unpaired) electrons. The van der Waals surface area contributed by atoms with Gasteiger partial charge in [-0.25, -0.2) is 15.3 Å². The molecule has 2 unspecified atom stereocenters. The number of amides is 1. The molecular formula is C13H21N5O3. The molecule has 3 rings (SSSR count). The molecule has 0 aromatic carbocycles. The zero-order valence-corrected chi connectivity index (χ0v) is 12.0. The van der Waals surface area contributed by atoms with E-state index in [1.54, 1.807) is 4.57 Å². The minimum atomic E-state index is -0.517. The number of carbonyl (C=O) groups excluding carboxylic acids is 1. The van der Waals surface area contributed by atoms with E-state index in [-0.39, 0.29) is 17.7 Å². The number of nitrogens with one attached hydrogen (secondary N) is 1. The molecule has 8 nitrogen and oxygen atoms in total. The first-order valence-electron chi connectivity index (χ1n) is 7.51. The molecule has 2 atom stereocenters. The normalized spacial score (nSPS) is 25.4. The fraction of sp³-hybridized carbons (Fsp3) is 0.769. The van der Waals surface area contributed by atoms with Gasteiger partial charge in [-0.3, -0.25) is 14.8 Å². The Morgan fingerprint density at radius 3 is 3.05 bits per heavy atom. The lowest BCUT2D eigenvalue weighted by Crippen LogP contribution is -2.39. The second-order valence-electron chi connectivity index (χ2n) is 5.68. The monoisotopic (exact) mass is 295 g/mol. The van der Waals surface area contributed by atoms with Crippen molar-refractivity contribution in [2.45, 2.75) is 63.8 Å². The first-order chi connectivity index (χ1) is 10.2. The first-order valence-corrected chi connectivity index (χ1v) is 7.51. The van der Waals surface area contributed by atoms with Crippen molar-refractivity contribution in [2.24, 2.45) is 5.84 Å². The van der Waals surface area contributed by atoms with Gasteiger partial charge >= 0.3 is 5.69 Å². The van der Waals surface area contributed by atoms with E-state index in [1.807, 2.05) is 0 Å².